The van der Waals surface area contributed by atoms with E-state index in [1.807, 2.05) is 0 Å². The molecule has 0 radical (unpaired) electrons. The average molecular weight is 490 g/mol. The average Bonchev–Trinajstić information content (AvgIpc) is 3.19. The number of hydrogen-bond acceptors (Lipinski definition) is 0. The molecule has 145 valence electrons. The summed E-state index contributed by atoms with van der Waals surface area (Å²) in [6.45, 7) is 11.8. The van der Waals surface area contributed by atoms with E-state index in [9.17, 15) is 0 Å². The fourth-order valence-corrected chi connectivity index (χ4v) is 6.40. The van der Waals surface area contributed by atoms with Crippen LogP contribution in [0.5, 0.6) is 0 Å². The molecule has 28 heavy (non-hydrogen) atoms. The van der Waals surface area contributed by atoms with Gasteiger partial charge in [-0.15, -0.1) is 0 Å². The summed E-state index contributed by atoms with van der Waals surface area (Å²) in [5, 5.41) is 0. The van der Waals surface area contributed by atoms with Crippen molar-refractivity contribution in [3.05, 3.63) is 76.4 Å². The summed E-state index contributed by atoms with van der Waals surface area (Å²) in [6, 6.07) is 11.6. The summed E-state index contributed by atoms with van der Waals surface area (Å²) in [7, 11) is 0. The normalized spacial score (nSPS) is 17.0. The first-order chi connectivity index (χ1) is 12.3. The van der Waals surface area contributed by atoms with Crippen LogP contribution >= 0.6 is 0 Å². The molecule has 0 heterocycles. The molecular formula is C25H27Cl2Zr. The van der Waals surface area contributed by atoms with Crippen molar-refractivity contribution in [2.45, 2.75) is 58.3 Å². The Morgan fingerprint density at radius 1 is 1.04 bits per heavy atom. The largest absolute Gasteiger partial charge is 1.00 e. The van der Waals surface area contributed by atoms with Gasteiger partial charge in [-0.2, -0.15) is 0 Å². The van der Waals surface area contributed by atoms with E-state index in [1.54, 1.807) is 44.7 Å². The molecule has 2 aromatic carbocycles. The number of halogens is 2. The van der Waals surface area contributed by atoms with Gasteiger partial charge < -0.3 is 24.8 Å². The van der Waals surface area contributed by atoms with Crippen LogP contribution in [-0.2, 0) is 30.1 Å². The molecular weight excluding hydrogens is 462 g/mol. The van der Waals surface area contributed by atoms with Crippen LogP contribution in [0.25, 0.3) is 11.1 Å². The summed E-state index contributed by atoms with van der Waals surface area (Å²) in [5.41, 5.74) is 10.9. The first kappa shape index (κ1) is 23.7. The molecule has 0 saturated carbocycles. The van der Waals surface area contributed by atoms with E-state index < -0.39 is 0 Å². The molecule has 0 nitrogen and oxygen atoms in total. The Kier molecular flexibility index (Phi) is 7.29. The molecule has 3 heteroatoms. The Bertz CT molecular complexity index is 946. The molecule has 0 spiro atoms. The summed E-state index contributed by atoms with van der Waals surface area (Å²) in [4.78, 5) is 0. The summed E-state index contributed by atoms with van der Waals surface area (Å²) >= 11 is 1.55. The molecule has 0 bridgehead atoms. The smallest absolute Gasteiger partial charge is 1.00 e. The van der Waals surface area contributed by atoms with Gasteiger partial charge in [-0.25, -0.2) is 0 Å². The number of hydrogen-bond donors (Lipinski definition) is 0. The zero-order chi connectivity index (χ0) is 18.6. The maximum Gasteiger partial charge on any atom is -1.00 e. The maximum absolute atomic E-state index is 2.53. The SMILES string of the molecule is CC(C)c1c(C(C)(C)C)cc2c([c]1[Zr+2])C(C1=CC=CC1)c1ccccc1-2.[Cl-].[Cl-]. The van der Waals surface area contributed by atoms with Gasteiger partial charge in [0.1, 0.15) is 0 Å². The summed E-state index contributed by atoms with van der Waals surface area (Å²) in [6.07, 6.45) is 7.96. The van der Waals surface area contributed by atoms with E-state index in [0.717, 1.165) is 6.42 Å². The third-order valence-electron chi connectivity index (χ3n) is 5.81. The topological polar surface area (TPSA) is 0 Å². The van der Waals surface area contributed by atoms with Gasteiger partial charge >= 0.3 is 174 Å². The number of rotatable bonds is 2. The third-order valence-corrected chi connectivity index (χ3v) is 7.14. The van der Waals surface area contributed by atoms with E-state index >= 15 is 0 Å². The van der Waals surface area contributed by atoms with Crippen LogP contribution in [0.3, 0.4) is 0 Å². The molecule has 2 aliphatic carbocycles. The molecule has 0 aromatic heterocycles. The van der Waals surface area contributed by atoms with Crippen molar-refractivity contribution in [1.29, 1.82) is 0 Å². The Morgan fingerprint density at radius 3 is 2.29 bits per heavy atom. The Balaban J connectivity index is 0.00000140. The van der Waals surface area contributed by atoms with Crippen LogP contribution in [0.1, 0.15) is 75.1 Å². The van der Waals surface area contributed by atoms with Crippen molar-refractivity contribution in [2.75, 3.05) is 0 Å². The van der Waals surface area contributed by atoms with Crippen molar-refractivity contribution >= 4 is 3.27 Å². The van der Waals surface area contributed by atoms with Crippen LogP contribution in [0, 0.1) is 0 Å². The molecule has 0 N–H and O–H groups in total. The number of allylic oxidation sites excluding steroid dienone is 4. The predicted molar refractivity (Wildman–Crippen MR) is 108 cm³/mol. The van der Waals surface area contributed by atoms with Crippen LogP contribution in [0.4, 0.5) is 0 Å². The molecule has 0 saturated heterocycles. The molecule has 0 fully saturated rings. The zero-order valence-corrected chi connectivity index (χ0v) is 21.2. The van der Waals surface area contributed by atoms with Crippen LogP contribution in [0.15, 0.2) is 54.1 Å². The van der Waals surface area contributed by atoms with Gasteiger partial charge in [-0.1, -0.05) is 0 Å². The van der Waals surface area contributed by atoms with Crippen molar-refractivity contribution in [2.24, 2.45) is 0 Å². The van der Waals surface area contributed by atoms with Crippen LogP contribution < -0.4 is 28.1 Å². The Hall–Kier alpha value is -0.617. The van der Waals surface area contributed by atoms with E-state index in [4.69, 9.17) is 0 Å². The predicted octanol–water partition coefficient (Wildman–Crippen LogP) is 0.286. The van der Waals surface area contributed by atoms with Crippen molar-refractivity contribution < 1.29 is 49.5 Å². The number of fused-ring (bicyclic) bond motifs is 3. The summed E-state index contributed by atoms with van der Waals surface area (Å²) < 4.78 is 1.60. The second-order valence-electron chi connectivity index (χ2n) is 8.97. The van der Waals surface area contributed by atoms with Crippen LogP contribution in [0.2, 0.25) is 0 Å². The molecule has 2 aromatic rings. The maximum atomic E-state index is 2.53. The third kappa shape index (κ3) is 3.76. The molecule has 1 unspecified atom stereocenters. The second-order valence-corrected chi connectivity index (χ2v) is 10.2. The van der Waals surface area contributed by atoms with E-state index in [0.29, 0.717) is 11.8 Å². The first-order valence-electron chi connectivity index (χ1n) is 9.68. The minimum Gasteiger partial charge on any atom is -1.00 e. The quantitative estimate of drug-likeness (QED) is 0.569. The molecule has 4 rings (SSSR count). The first-order valence-corrected chi connectivity index (χ1v) is 10.9. The molecule has 2 aliphatic rings. The van der Waals surface area contributed by atoms with Gasteiger partial charge in [0.15, 0.2) is 0 Å². The standard InChI is InChI=1S/C25H27.2ClH.Zr/c1-16(2)20-14-22-21(15-23(20)25(3,4)5)18-12-8-9-13-19(18)24(22)17-10-6-7-11-17;;;/h6-10,12-13,15-16,24H,11H2,1-5H3;2*1H;/q;;;+2/p-2. The van der Waals surface area contributed by atoms with Crippen molar-refractivity contribution in [1.82, 2.24) is 0 Å². The van der Waals surface area contributed by atoms with Gasteiger partial charge in [-0.05, 0) is 0 Å². The molecule has 0 amide bonds. The van der Waals surface area contributed by atoms with Gasteiger partial charge in [0.25, 0.3) is 0 Å². The molecule has 0 aliphatic heterocycles. The zero-order valence-electron chi connectivity index (χ0n) is 17.2. The van der Waals surface area contributed by atoms with Crippen molar-refractivity contribution in [3.63, 3.8) is 0 Å². The Labute approximate surface area is 197 Å². The van der Waals surface area contributed by atoms with E-state index in [2.05, 4.69) is 83.2 Å². The van der Waals surface area contributed by atoms with Gasteiger partial charge in [0, 0.05) is 0 Å². The fraction of sp³-hybridized carbons (Fsp3) is 0.360. The van der Waals surface area contributed by atoms with E-state index in [1.165, 1.54) is 22.3 Å². The van der Waals surface area contributed by atoms with Gasteiger partial charge in [0.05, 0.1) is 0 Å². The number of benzene rings is 2. The minimum atomic E-state index is 0. The van der Waals surface area contributed by atoms with E-state index in [-0.39, 0.29) is 30.2 Å². The van der Waals surface area contributed by atoms with Crippen LogP contribution in [-0.4, -0.2) is 0 Å². The minimum absolute atomic E-state index is 0. The second kappa shape index (κ2) is 8.63. The van der Waals surface area contributed by atoms with Gasteiger partial charge in [0.2, 0.25) is 0 Å². The Morgan fingerprint density at radius 2 is 1.71 bits per heavy atom. The monoisotopic (exact) mass is 487 g/mol. The van der Waals surface area contributed by atoms with Gasteiger partial charge in [-0.3, -0.25) is 0 Å². The molecule has 1 atom stereocenters. The summed E-state index contributed by atoms with van der Waals surface area (Å²) in [5.74, 6) is 1.00. The fourth-order valence-electron chi connectivity index (χ4n) is 4.67. The van der Waals surface area contributed by atoms with Crippen molar-refractivity contribution in [3.8, 4) is 11.1 Å².